The lowest BCUT2D eigenvalue weighted by Crippen LogP contribution is -2.54. The monoisotopic (exact) mass is 248 g/mol. The van der Waals surface area contributed by atoms with Crippen LogP contribution in [0.15, 0.2) is 24.3 Å². The number of hydrogen-bond donors (Lipinski definition) is 0. The zero-order valence-corrected chi connectivity index (χ0v) is 11.0. The summed E-state index contributed by atoms with van der Waals surface area (Å²) in [6.45, 7) is 6.49. The topological polar surface area (TPSA) is 6.48 Å². The van der Waals surface area contributed by atoms with Crippen LogP contribution in [-0.4, -0.2) is 41.5 Å². The zero-order chi connectivity index (χ0) is 12.5. The number of benzene rings is 1. The van der Waals surface area contributed by atoms with Gasteiger partial charge in [0.15, 0.2) is 0 Å². The number of piperazine rings is 1. The molecule has 2 fully saturated rings. The van der Waals surface area contributed by atoms with E-state index in [1.807, 2.05) is 12.1 Å². The van der Waals surface area contributed by atoms with Crippen molar-refractivity contribution >= 4 is 0 Å². The minimum atomic E-state index is -0.0708. The Labute approximate surface area is 108 Å². The van der Waals surface area contributed by atoms with Crippen LogP contribution in [0.5, 0.6) is 0 Å². The average molecular weight is 248 g/mol. The third kappa shape index (κ3) is 2.29. The normalized spacial score (nSPS) is 29.4. The van der Waals surface area contributed by atoms with E-state index < -0.39 is 0 Å². The molecule has 3 rings (SSSR count). The summed E-state index contributed by atoms with van der Waals surface area (Å²) in [5.41, 5.74) is 0.829. The molecule has 0 saturated carbocycles. The summed E-state index contributed by atoms with van der Waals surface area (Å²) in [5.74, 6) is -0.0708. The molecule has 2 heterocycles. The van der Waals surface area contributed by atoms with Gasteiger partial charge >= 0.3 is 0 Å². The first-order valence-electron chi connectivity index (χ1n) is 6.95. The van der Waals surface area contributed by atoms with Crippen LogP contribution in [0.3, 0.4) is 0 Å². The number of hydrogen-bond acceptors (Lipinski definition) is 2. The van der Waals surface area contributed by atoms with Crippen molar-refractivity contribution in [3.63, 3.8) is 0 Å². The van der Waals surface area contributed by atoms with Crippen molar-refractivity contribution in [3.05, 3.63) is 35.6 Å². The van der Waals surface area contributed by atoms with Crippen LogP contribution in [-0.2, 0) is 6.54 Å². The number of fused-ring (bicyclic) bond motifs is 1. The van der Waals surface area contributed by atoms with Gasteiger partial charge in [0.2, 0.25) is 0 Å². The molecule has 1 aromatic rings. The lowest BCUT2D eigenvalue weighted by Gasteiger charge is -2.42. The van der Waals surface area contributed by atoms with Crippen LogP contribution < -0.4 is 0 Å². The van der Waals surface area contributed by atoms with Gasteiger partial charge < -0.3 is 0 Å². The summed E-state index contributed by atoms with van der Waals surface area (Å²) >= 11 is 0. The second-order valence-electron chi connectivity index (χ2n) is 5.66. The fourth-order valence-electron chi connectivity index (χ4n) is 3.31. The number of rotatable bonds is 2. The second-order valence-corrected chi connectivity index (χ2v) is 5.66. The molecular weight excluding hydrogens is 227 g/mol. The first kappa shape index (κ1) is 12.1. The highest BCUT2D eigenvalue weighted by atomic mass is 19.1. The summed E-state index contributed by atoms with van der Waals surface area (Å²) in [6, 6.07) is 8.38. The van der Waals surface area contributed by atoms with Crippen LogP contribution >= 0.6 is 0 Å². The fraction of sp³-hybridized carbons (Fsp3) is 0.600. The van der Waals surface area contributed by atoms with Crippen LogP contribution in [0.1, 0.15) is 25.3 Å². The Hall–Kier alpha value is -0.930. The molecule has 98 valence electrons. The van der Waals surface area contributed by atoms with Crippen LogP contribution in [0.4, 0.5) is 4.39 Å². The standard InChI is InChI=1S/C15H21FN2/c1-12-9-17-8-4-6-14(17)11-18(12)10-13-5-2-3-7-15(13)16/h2-3,5,7,12,14H,4,6,8-11H2,1H3/t12-,14-/m0/s1. The summed E-state index contributed by atoms with van der Waals surface area (Å²) in [4.78, 5) is 5.04. The lowest BCUT2D eigenvalue weighted by molar-refractivity contribution is 0.0533. The van der Waals surface area contributed by atoms with Gasteiger partial charge in [0.05, 0.1) is 0 Å². The van der Waals surface area contributed by atoms with Gasteiger partial charge in [0.1, 0.15) is 5.82 Å². The Morgan fingerprint density at radius 1 is 1.28 bits per heavy atom. The van der Waals surface area contributed by atoms with E-state index in [0.29, 0.717) is 12.1 Å². The summed E-state index contributed by atoms with van der Waals surface area (Å²) in [5, 5.41) is 0. The Kier molecular flexibility index (Phi) is 3.35. The van der Waals surface area contributed by atoms with Gasteiger partial charge in [0.25, 0.3) is 0 Å². The van der Waals surface area contributed by atoms with Crippen LogP contribution in [0.25, 0.3) is 0 Å². The van der Waals surface area contributed by atoms with Crippen LogP contribution in [0, 0.1) is 5.82 Å². The van der Waals surface area contributed by atoms with Crippen molar-refractivity contribution in [2.75, 3.05) is 19.6 Å². The maximum absolute atomic E-state index is 13.7. The van der Waals surface area contributed by atoms with Crippen molar-refractivity contribution < 1.29 is 4.39 Å². The van der Waals surface area contributed by atoms with E-state index in [0.717, 1.165) is 25.2 Å². The highest BCUT2D eigenvalue weighted by molar-refractivity contribution is 5.17. The van der Waals surface area contributed by atoms with Gasteiger partial charge in [-0.1, -0.05) is 18.2 Å². The molecule has 0 spiro atoms. The maximum Gasteiger partial charge on any atom is 0.127 e. The SMILES string of the molecule is C[C@H]1CN2CCC[C@H]2CN1Cc1ccccc1F. The highest BCUT2D eigenvalue weighted by Gasteiger charge is 2.34. The molecule has 0 aliphatic carbocycles. The van der Waals surface area contributed by atoms with E-state index in [1.165, 1.54) is 19.4 Å². The van der Waals surface area contributed by atoms with Crippen molar-refractivity contribution in [2.24, 2.45) is 0 Å². The molecule has 2 saturated heterocycles. The lowest BCUT2D eigenvalue weighted by atomic mass is 10.1. The van der Waals surface area contributed by atoms with Gasteiger partial charge in [-0.05, 0) is 32.4 Å². The Balaban J connectivity index is 1.71. The van der Waals surface area contributed by atoms with E-state index in [-0.39, 0.29) is 5.82 Å². The molecule has 1 aromatic carbocycles. The third-order valence-electron chi connectivity index (χ3n) is 4.40. The Bertz CT molecular complexity index is 421. The molecule has 0 bridgehead atoms. The predicted octanol–water partition coefficient (Wildman–Crippen LogP) is 2.49. The molecule has 0 radical (unpaired) electrons. The quantitative estimate of drug-likeness (QED) is 0.793. The summed E-state index contributed by atoms with van der Waals surface area (Å²) in [7, 11) is 0. The summed E-state index contributed by atoms with van der Waals surface area (Å²) < 4.78 is 13.7. The maximum atomic E-state index is 13.7. The van der Waals surface area contributed by atoms with E-state index in [1.54, 1.807) is 12.1 Å². The largest absolute Gasteiger partial charge is 0.298 e. The molecule has 3 heteroatoms. The zero-order valence-electron chi connectivity index (χ0n) is 11.0. The minimum Gasteiger partial charge on any atom is -0.298 e. The minimum absolute atomic E-state index is 0.0708. The number of nitrogens with zero attached hydrogens (tertiary/aromatic N) is 2. The Morgan fingerprint density at radius 3 is 2.94 bits per heavy atom. The molecule has 0 aromatic heterocycles. The third-order valence-corrected chi connectivity index (χ3v) is 4.40. The van der Waals surface area contributed by atoms with Gasteiger partial charge in [0, 0.05) is 37.3 Å². The smallest absolute Gasteiger partial charge is 0.127 e. The van der Waals surface area contributed by atoms with Gasteiger partial charge in [-0.3, -0.25) is 9.80 Å². The average Bonchev–Trinajstić information content (AvgIpc) is 2.79. The molecule has 0 amide bonds. The first-order chi connectivity index (χ1) is 8.74. The van der Waals surface area contributed by atoms with Crippen LogP contribution in [0.2, 0.25) is 0 Å². The van der Waals surface area contributed by atoms with E-state index in [4.69, 9.17) is 0 Å². The molecule has 2 aliphatic rings. The molecule has 0 N–H and O–H groups in total. The molecule has 18 heavy (non-hydrogen) atoms. The van der Waals surface area contributed by atoms with E-state index in [9.17, 15) is 4.39 Å². The van der Waals surface area contributed by atoms with E-state index in [2.05, 4.69) is 16.7 Å². The first-order valence-corrected chi connectivity index (χ1v) is 6.95. The molecular formula is C15H21FN2. The number of halogens is 1. The summed E-state index contributed by atoms with van der Waals surface area (Å²) in [6.07, 6.45) is 2.63. The molecule has 2 aliphatic heterocycles. The van der Waals surface area contributed by atoms with Gasteiger partial charge in [-0.15, -0.1) is 0 Å². The van der Waals surface area contributed by atoms with Gasteiger partial charge in [-0.25, -0.2) is 4.39 Å². The fourth-order valence-corrected chi connectivity index (χ4v) is 3.31. The second kappa shape index (κ2) is 4.98. The Morgan fingerprint density at radius 2 is 2.11 bits per heavy atom. The van der Waals surface area contributed by atoms with Gasteiger partial charge in [-0.2, -0.15) is 0 Å². The van der Waals surface area contributed by atoms with Crippen molar-refractivity contribution in [1.82, 2.24) is 9.80 Å². The molecule has 2 atom stereocenters. The van der Waals surface area contributed by atoms with Crippen molar-refractivity contribution in [2.45, 2.75) is 38.4 Å². The van der Waals surface area contributed by atoms with Crippen molar-refractivity contribution in [3.8, 4) is 0 Å². The van der Waals surface area contributed by atoms with E-state index >= 15 is 0 Å². The molecule has 0 unspecified atom stereocenters. The van der Waals surface area contributed by atoms with Crippen molar-refractivity contribution in [1.29, 1.82) is 0 Å². The molecule has 2 nitrogen and oxygen atoms in total. The predicted molar refractivity (Wildman–Crippen MR) is 70.9 cm³/mol. The highest BCUT2D eigenvalue weighted by Crippen LogP contribution is 2.26.